The van der Waals surface area contributed by atoms with Crippen LogP contribution in [0, 0.1) is 0 Å². The fourth-order valence-electron chi connectivity index (χ4n) is 2.49. The third kappa shape index (κ3) is 2.67. The van der Waals surface area contributed by atoms with Gasteiger partial charge < -0.3 is 9.30 Å². The SMILES string of the molecule is COC(=O)c1cc2ccccc2n1-c1ccc(C(F)(F)F)cc1. The van der Waals surface area contributed by atoms with E-state index < -0.39 is 17.7 Å². The normalized spacial score (nSPS) is 11.7. The number of esters is 1. The van der Waals surface area contributed by atoms with Crippen LogP contribution >= 0.6 is 0 Å². The number of aromatic nitrogens is 1. The van der Waals surface area contributed by atoms with Crippen LogP contribution in [0.25, 0.3) is 16.6 Å². The lowest BCUT2D eigenvalue weighted by molar-refractivity contribution is -0.137. The standard InChI is InChI=1S/C17H12F3NO2/c1-23-16(22)15-10-11-4-2-3-5-14(11)21(15)13-8-6-12(7-9-13)17(18,19)20/h2-10H,1H3. The van der Waals surface area contributed by atoms with Crippen LogP contribution in [-0.4, -0.2) is 17.6 Å². The van der Waals surface area contributed by atoms with E-state index in [0.717, 1.165) is 17.5 Å². The van der Waals surface area contributed by atoms with Gasteiger partial charge in [0.1, 0.15) is 5.69 Å². The van der Waals surface area contributed by atoms with Crippen LogP contribution in [0.1, 0.15) is 16.1 Å². The first-order chi connectivity index (χ1) is 10.9. The molecule has 1 heterocycles. The van der Waals surface area contributed by atoms with Crippen LogP contribution in [0.3, 0.4) is 0 Å². The molecule has 0 amide bonds. The van der Waals surface area contributed by atoms with Crippen LogP contribution in [0.5, 0.6) is 0 Å². The molecule has 3 rings (SSSR count). The summed E-state index contributed by atoms with van der Waals surface area (Å²) in [7, 11) is 1.26. The number of carbonyl (C=O) groups is 1. The molecule has 0 radical (unpaired) electrons. The third-order valence-electron chi connectivity index (χ3n) is 3.56. The maximum Gasteiger partial charge on any atom is 0.416 e. The Kier molecular flexibility index (Phi) is 3.60. The number of rotatable bonds is 2. The van der Waals surface area contributed by atoms with Crippen molar-refractivity contribution in [3.8, 4) is 5.69 Å². The molecule has 0 fully saturated rings. The van der Waals surface area contributed by atoms with E-state index in [1.165, 1.54) is 19.2 Å². The number of para-hydroxylation sites is 1. The second-order valence-corrected chi connectivity index (χ2v) is 4.96. The molecule has 0 saturated carbocycles. The van der Waals surface area contributed by atoms with E-state index in [1.54, 1.807) is 22.8 Å². The highest BCUT2D eigenvalue weighted by molar-refractivity contribution is 5.97. The van der Waals surface area contributed by atoms with Gasteiger partial charge in [-0.05, 0) is 36.4 Å². The van der Waals surface area contributed by atoms with E-state index >= 15 is 0 Å². The predicted octanol–water partition coefficient (Wildman–Crippen LogP) is 4.44. The van der Waals surface area contributed by atoms with Crippen molar-refractivity contribution in [2.24, 2.45) is 0 Å². The number of hydrogen-bond acceptors (Lipinski definition) is 2. The largest absolute Gasteiger partial charge is 0.464 e. The van der Waals surface area contributed by atoms with Crippen LogP contribution in [-0.2, 0) is 10.9 Å². The zero-order valence-corrected chi connectivity index (χ0v) is 12.1. The maximum atomic E-state index is 12.7. The molecule has 0 aliphatic carbocycles. The van der Waals surface area contributed by atoms with Crippen molar-refractivity contribution in [3.63, 3.8) is 0 Å². The van der Waals surface area contributed by atoms with Gasteiger partial charge in [0, 0.05) is 11.1 Å². The second-order valence-electron chi connectivity index (χ2n) is 4.96. The Morgan fingerprint density at radius 1 is 1.04 bits per heavy atom. The molecule has 0 atom stereocenters. The van der Waals surface area contributed by atoms with Crippen molar-refractivity contribution < 1.29 is 22.7 Å². The zero-order chi connectivity index (χ0) is 16.6. The van der Waals surface area contributed by atoms with Gasteiger partial charge in [-0.25, -0.2) is 4.79 Å². The van der Waals surface area contributed by atoms with Crippen molar-refractivity contribution in [2.45, 2.75) is 6.18 Å². The Balaban J connectivity index is 2.20. The molecule has 0 N–H and O–H groups in total. The number of carbonyl (C=O) groups excluding carboxylic acids is 1. The third-order valence-corrected chi connectivity index (χ3v) is 3.56. The number of methoxy groups -OCH3 is 1. The fourth-order valence-corrected chi connectivity index (χ4v) is 2.49. The van der Waals surface area contributed by atoms with Crippen LogP contribution in [0.15, 0.2) is 54.6 Å². The second kappa shape index (κ2) is 5.46. The Hall–Kier alpha value is -2.76. The smallest absolute Gasteiger partial charge is 0.416 e. The van der Waals surface area contributed by atoms with E-state index in [1.807, 2.05) is 12.1 Å². The number of fused-ring (bicyclic) bond motifs is 1. The fraction of sp³-hybridized carbons (Fsp3) is 0.118. The van der Waals surface area contributed by atoms with Gasteiger partial charge in [-0.3, -0.25) is 0 Å². The number of nitrogens with zero attached hydrogens (tertiary/aromatic N) is 1. The molecule has 3 aromatic rings. The highest BCUT2D eigenvalue weighted by atomic mass is 19.4. The van der Waals surface area contributed by atoms with Gasteiger partial charge in [0.25, 0.3) is 0 Å². The lowest BCUT2D eigenvalue weighted by atomic mass is 10.2. The topological polar surface area (TPSA) is 31.2 Å². The van der Waals surface area contributed by atoms with Gasteiger partial charge in [0.2, 0.25) is 0 Å². The van der Waals surface area contributed by atoms with Crippen LogP contribution in [0.2, 0.25) is 0 Å². The molecule has 0 unspecified atom stereocenters. The molecule has 0 aliphatic rings. The van der Waals surface area contributed by atoms with E-state index in [9.17, 15) is 18.0 Å². The molecule has 2 aromatic carbocycles. The predicted molar refractivity (Wildman–Crippen MR) is 79.6 cm³/mol. The van der Waals surface area contributed by atoms with Gasteiger partial charge in [0.15, 0.2) is 0 Å². The summed E-state index contributed by atoms with van der Waals surface area (Å²) in [4.78, 5) is 12.0. The van der Waals surface area contributed by atoms with Gasteiger partial charge in [-0.1, -0.05) is 18.2 Å². The molecule has 0 bridgehead atoms. The Morgan fingerprint density at radius 2 is 1.70 bits per heavy atom. The molecule has 0 aliphatic heterocycles. The quantitative estimate of drug-likeness (QED) is 0.654. The monoisotopic (exact) mass is 319 g/mol. The molecule has 3 nitrogen and oxygen atoms in total. The molecular weight excluding hydrogens is 307 g/mol. The maximum absolute atomic E-state index is 12.7. The molecular formula is C17H12F3NO2. The first kappa shape index (κ1) is 15.1. The van der Waals surface area contributed by atoms with Crippen molar-refractivity contribution in [1.82, 2.24) is 4.57 Å². The summed E-state index contributed by atoms with van der Waals surface area (Å²) in [5.41, 5.74) is 0.693. The van der Waals surface area contributed by atoms with Crippen molar-refractivity contribution in [3.05, 3.63) is 65.9 Å². The number of halogens is 3. The van der Waals surface area contributed by atoms with Crippen molar-refractivity contribution >= 4 is 16.9 Å². The average Bonchev–Trinajstić information content (AvgIpc) is 2.93. The zero-order valence-electron chi connectivity index (χ0n) is 12.1. The van der Waals surface area contributed by atoms with E-state index in [-0.39, 0.29) is 5.69 Å². The summed E-state index contributed by atoms with van der Waals surface area (Å²) in [6, 6.07) is 13.5. The summed E-state index contributed by atoms with van der Waals surface area (Å²) < 4.78 is 44.4. The highest BCUT2D eigenvalue weighted by Gasteiger charge is 2.30. The van der Waals surface area contributed by atoms with Crippen LogP contribution in [0.4, 0.5) is 13.2 Å². The number of ether oxygens (including phenoxy) is 1. The Bertz CT molecular complexity index is 864. The summed E-state index contributed by atoms with van der Waals surface area (Å²) in [5.74, 6) is -0.555. The minimum Gasteiger partial charge on any atom is -0.464 e. The minimum absolute atomic E-state index is 0.258. The van der Waals surface area contributed by atoms with Crippen molar-refractivity contribution in [2.75, 3.05) is 7.11 Å². The summed E-state index contributed by atoms with van der Waals surface area (Å²) in [5, 5.41) is 0.799. The number of benzene rings is 2. The summed E-state index contributed by atoms with van der Waals surface area (Å²) in [6.07, 6.45) is -4.40. The van der Waals surface area contributed by atoms with Gasteiger partial charge in [0.05, 0.1) is 18.2 Å². The summed E-state index contributed by atoms with van der Waals surface area (Å²) >= 11 is 0. The van der Waals surface area contributed by atoms with Gasteiger partial charge >= 0.3 is 12.1 Å². The van der Waals surface area contributed by atoms with Crippen LogP contribution < -0.4 is 0 Å². The van der Waals surface area contributed by atoms with Gasteiger partial charge in [-0.2, -0.15) is 13.2 Å². The molecule has 23 heavy (non-hydrogen) atoms. The first-order valence-electron chi connectivity index (χ1n) is 6.78. The minimum atomic E-state index is -4.40. The van der Waals surface area contributed by atoms with E-state index in [4.69, 9.17) is 4.74 Å². The van der Waals surface area contributed by atoms with E-state index in [2.05, 4.69) is 0 Å². The van der Waals surface area contributed by atoms with E-state index in [0.29, 0.717) is 11.2 Å². The Labute approximate surface area is 129 Å². The Morgan fingerprint density at radius 3 is 2.30 bits per heavy atom. The lowest BCUT2D eigenvalue weighted by Crippen LogP contribution is -2.10. The molecule has 118 valence electrons. The summed E-state index contributed by atoms with van der Waals surface area (Å²) in [6.45, 7) is 0. The van der Waals surface area contributed by atoms with Crippen molar-refractivity contribution in [1.29, 1.82) is 0 Å². The molecule has 6 heteroatoms. The average molecular weight is 319 g/mol. The molecule has 0 spiro atoms. The molecule has 0 saturated heterocycles. The lowest BCUT2D eigenvalue weighted by Gasteiger charge is -2.11. The highest BCUT2D eigenvalue weighted by Crippen LogP contribution is 2.31. The number of alkyl halides is 3. The molecule has 1 aromatic heterocycles. The van der Waals surface area contributed by atoms with Gasteiger partial charge in [-0.15, -0.1) is 0 Å². The first-order valence-corrected chi connectivity index (χ1v) is 6.78. The number of hydrogen-bond donors (Lipinski definition) is 0.